The van der Waals surface area contributed by atoms with Gasteiger partial charge in [0.25, 0.3) is 0 Å². The Kier molecular flexibility index (Phi) is 2.61. The van der Waals surface area contributed by atoms with Gasteiger partial charge in [-0.1, -0.05) is 13.8 Å². The van der Waals surface area contributed by atoms with Crippen LogP contribution in [0.5, 0.6) is 0 Å². The molecular formula is C12H15N3O2. The van der Waals surface area contributed by atoms with E-state index in [-0.39, 0.29) is 11.5 Å². The molecule has 0 saturated carbocycles. The molecule has 0 unspecified atom stereocenters. The Morgan fingerprint density at radius 1 is 1.41 bits per heavy atom. The molecule has 0 fully saturated rings. The molecule has 2 aromatic heterocycles. The maximum atomic E-state index is 11.2. The zero-order chi connectivity index (χ0) is 12.7. The first kappa shape index (κ1) is 11.6. The summed E-state index contributed by atoms with van der Waals surface area (Å²) in [5.41, 5.74) is 1.75. The van der Waals surface area contributed by atoms with Crippen molar-refractivity contribution < 1.29 is 9.90 Å². The number of carbonyl (C=O) groups is 1. The van der Waals surface area contributed by atoms with E-state index in [1.54, 1.807) is 17.8 Å². The lowest BCUT2D eigenvalue weighted by Crippen LogP contribution is -2.03. The SMILES string of the molecule is Cc1nc(C(C)C)c2c(C(=O)O)cn(C)c2n1. The highest BCUT2D eigenvalue weighted by atomic mass is 16.4. The van der Waals surface area contributed by atoms with Crippen LogP contribution in [-0.2, 0) is 7.05 Å². The second kappa shape index (κ2) is 3.84. The number of carboxylic acids is 1. The van der Waals surface area contributed by atoms with Crippen molar-refractivity contribution >= 4 is 17.0 Å². The van der Waals surface area contributed by atoms with Crippen molar-refractivity contribution in [2.75, 3.05) is 0 Å². The normalized spacial score (nSPS) is 11.4. The Morgan fingerprint density at radius 3 is 2.59 bits per heavy atom. The highest BCUT2D eigenvalue weighted by molar-refractivity contribution is 6.03. The van der Waals surface area contributed by atoms with Gasteiger partial charge in [0.05, 0.1) is 16.6 Å². The molecule has 0 saturated heterocycles. The smallest absolute Gasteiger partial charge is 0.338 e. The third-order valence-corrected chi connectivity index (χ3v) is 2.73. The van der Waals surface area contributed by atoms with Crippen LogP contribution in [0.2, 0.25) is 0 Å². The molecule has 0 bridgehead atoms. The summed E-state index contributed by atoms with van der Waals surface area (Å²) in [7, 11) is 1.80. The van der Waals surface area contributed by atoms with E-state index >= 15 is 0 Å². The fourth-order valence-corrected chi connectivity index (χ4v) is 1.99. The summed E-state index contributed by atoms with van der Waals surface area (Å²) in [5, 5.41) is 9.86. The Balaban J connectivity index is 2.92. The minimum atomic E-state index is -0.940. The molecule has 0 atom stereocenters. The summed E-state index contributed by atoms with van der Waals surface area (Å²) < 4.78 is 1.74. The monoisotopic (exact) mass is 233 g/mol. The largest absolute Gasteiger partial charge is 0.478 e. The van der Waals surface area contributed by atoms with Crippen molar-refractivity contribution in [2.24, 2.45) is 7.05 Å². The summed E-state index contributed by atoms with van der Waals surface area (Å²) in [6, 6.07) is 0. The van der Waals surface area contributed by atoms with Gasteiger partial charge in [-0.2, -0.15) is 0 Å². The first-order chi connectivity index (χ1) is 7.91. The topological polar surface area (TPSA) is 68.0 Å². The predicted octanol–water partition coefficient (Wildman–Crippen LogP) is 2.10. The molecule has 2 heterocycles. The fraction of sp³-hybridized carbons (Fsp3) is 0.417. The highest BCUT2D eigenvalue weighted by Crippen LogP contribution is 2.27. The number of nitrogens with zero attached hydrogens (tertiary/aromatic N) is 3. The number of aryl methyl sites for hydroxylation is 2. The van der Waals surface area contributed by atoms with Crippen LogP contribution >= 0.6 is 0 Å². The van der Waals surface area contributed by atoms with Gasteiger partial charge < -0.3 is 9.67 Å². The minimum absolute atomic E-state index is 0.166. The van der Waals surface area contributed by atoms with Gasteiger partial charge in [0.2, 0.25) is 0 Å². The summed E-state index contributed by atoms with van der Waals surface area (Å²) in [5.74, 6) is -0.107. The van der Waals surface area contributed by atoms with E-state index in [2.05, 4.69) is 9.97 Å². The predicted molar refractivity (Wildman–Crippen MR) is 64.3 cm³/mol. The molecule has 2 rings (SSSR count). The van der Waals surface area contributed by atoms with Gasteiger partial charge in [0, 0.05) is 13.2 Å². The van der Waals surface area contributed by atoms with E-state index in [0.717, 1.165) is 5.69 Å². The highest BCUT2D eigenvalue weighted by Gasteiger charge is 2.20. The maximum absolute atomic E-state index is 11.2. The van der Waals surface area contributed by atoms with Crippen LogP contribution in [0.25, 0.3) is 11.0 Å². The molecule has 0 amide bonds. The number of fused-ring (bicyclic) bond motifs is 1. The van der Waals surface area contributed by atoms with Crippen molar-refractivity contribution in [1.29, 1.82) is 0 Å². The molecule has 17 heavy (non-hydrogen) atoms. The van der Waals surface area contributed by atoms with E-state index in [9.17, 15) is 9.90 Å². The third-order valence-electron chi connectivity index (χ3n) is 2.73. The first-order valence-corrected chi connectivity index (χ1v) is 5.48. The van der Waals surface area contributed by atoms with Crippen molar-refractivity contribution in [3.63, 3.8) is 0 Å². The van der Waals surface area contributed by atoms with E-state index in [1.807, 2.05) is 20.8 Å². The summed E-state index contributed by atoms with van der Waals surface area (Å²) in [6.45, 7) is 5.82. The number of aromatic carboxylic acids is 1. The molecule has 0 spiro atoms. The van der Waals surface area contributed by atoms with Crippen molar-refractivity contribution in [3.05, 3.63) is 23.3 Å². The number of rotatable bonds is 2. The average Bonchev–Trinajstić information content (AvgIpc) is 2.55. The average molecular weight is 233 g/mol. The summed E-state index contributed by atoms with van der Waals surface area (Å²) in [6.07, 6.45) is 1.59. The molecule has 0 aromatic carbocycles. The van der Waals surface area contributed by atoms with E-state index < -0.39 is 5.97 Å². The summed E-state index contributed by atoms with van der Waals surface area (Å²) in [4.78, 5) is 19.9. The number of aromatic nitrogens is 3. The van der Waals surface area contributed by atoms with E-state index in [0.29, 0.717) is 16.9 Å². The van der Waals surface area contributed by atoms with Crippen LogP contribution in [0.15, 0.2) is 6.20 Å². The lowest BCUT2D eigenvalue weighted by Gasteiger charge is -2.08. The van der Waals surface area contributed by atoms with Gasteiger partial charge in [-0.15, -0.1) is 0 Å². The van der Waals surface area contributed by atoms with E-state index in [4.69, 9.17) is 0 Å². The Hall–Kier alpha value is -1.91. The van der Waals surface area contributed by atoms with Gasteiger partial charge in [0.15, 0.2) is 0 Å². The standard InChI is InChI=1S/C12H15N3O2/c1-6(2)10-9-8(12(16)17)5-15(4)11(9)14-7(3)13-10/h5-6H,1-4H3,(H,16,17). The first-order valence-electron chi connectivity index (χ1n) is 5.48. The fourth-order valence-electron chi connectivity index (χ4n) is 1.99. The molecule has 5 heteroatoms. The van der Waals surface area contributed by atoms with Gasteiger partial charge in [-0.3, -0.25) is 0 Å². The number of hydrogen-bond donors (Lipinski definition) is 1. The van der Waals surface area contributed by atoms with Crippen LogP contribution in [-0.4, -0.2) is 25.6 Å². The van der Waals surface area contributed by atoms with Gasteiger partial charge in [-0.05, 0) is 12.8 Å². The molecule has 0 aliphatic heterocycles. The Labute approximate surface area is 99.1 Å². The minimum Gasteiger partial charge on any atom is -0.478 e. The summed E-state index contributed by atoms with van der Waals surface area (Å²) >= 11 is 0. The van der Waals surface area contributed by atoms with Crippen LogP contribution in [0.3, 0.4) is 0 Å². The second-order valence-corrected chi connectivity index (χ2v) is 4.47. The number of carboxylic acid groups (broad SMARTS) is 1. The third kappa shape index (κ3) is 1.77. The lowest BCUT2D eigenvalue weighted by molar-refractivity contribution is 0.0698. The van der Waals surface area contributed by atoms with Crippen LogP contribution in [0.1, 0.15) is 41.6 Å². The zero-order valence-corrected chi connectivity index (χ0v) is 10.4. The quantitative estimate of drug-likeness (QED) is 0.862. The van der Waals surface area contributed by atoms with Gasteiger partial charge in [-0.25, -0.2) is 14.8 Å². The molecule has 0 aliphatic rings. The second-order valence-electron chi connectivity index (χ2n) is 4.47. The molecular weight excluding hydrogens is 218 g/mol. The molecule has 0 aliphatic carbocycles. The van der Waals surface area contributed by atoms with Crippen molar-refractivity contribution in [3.8, 4) is 0 Å². The molecule has 90 valence electrons. The van der Waals surface area contributed by atoms with Crippen LogP contribution in [0, 0.1) is 6.92 Å². The van der Waals surface area contributed by atoms with Crippen LogP contribution in [0.4, 0.5) is 0 Å². The lowest BCUT2D eigenvalue weighted by atomic mass is 10.0. The Bertz CT molecular complexity index is 599. The molecule has 2 aromatic rings. The Morgan fingerprint density at radius 2 is 2.06 bits per heavy atom. The molecule has 0 radical (unpaired) electrons. The zero-order valence-electron chi connectivity index (χ0n) is 10.4. The van der Waals surface area contributed by atoms with Crippen molar-refractivity contribution in [1.82, 2.24) is 14.5 Å². The van der Waals surface area contributed by atoms with Gasteiger partial charge in [0.1, 0.15) is 11.5 Å². The van der Waals surface area contributed by atoms with E-state index in [1.165, 1.54) is 0 Å². The maximum Gasteiger partial charge on any atom is 0.338 e. The van der Waals surface area contributed by atoms with Crippen LogP contribution < -0.4 is 0 Å². The van der Waals surface area contributed by atoms with Gasteiger partial charge >= 0.3 is 5.97 Å². The molecule has 5 nitrogen and oxygen atoms in total. The number of hydrogen-bond acceptors (Lipinski definition) is 3. The molecule has 1 N–H and O–H groups in total. The van der Waals surface area contributed by atoms with Crippen molar-refractivity contribution in [2.45, 2.75) is 26.7 Å².